The molecule has 3 rings (SSSR count). The zero-order valence-electron chi connectivity index (χ0n) is 10.6. The molecular formula is C16H22O. The molecule has 0 aliphatic heterocycles. The van der Waals surface area contributed by atoms with Crippen LogP contribution in [-0.2, 0) is 6.42 Å². The van der Waals surface area contributed by atoms with Gasteiger partial charge in [0.2, 0.25) is 0 Å². The van der Waals surface area contributed by atoms with Crippen LogP contribution in [0.1, 0.15) is 36.8 Å². The van der Waals surface area contributed by atoms with Crippen LogP contribution in [0.15, 0.2) is 24.3 Å². The Bertz CT molecular complexity index is 378. The fourth-order valence-corrected chi connectivity index (χ4v) is 3.18. The van der Waals surface area contributed by atoms with Crippen molar-refractivity contribution < 1.29 is 5.11 Å². The lowest BCUT2D eigenvalue weighted by Gasteiger charge is -2.23. The minimum Gasteiger partial charge on any atom is -0.392 e. The zero-order valence-corrected chi connectivity index (χ0v) is 10.6. The smallest absolute Gasteiger partial charge is 0.0614 e. The van der Waals surface area contributed by atoms with E-state index in [2.05, 4.69) is 31.2 Å². The molecule has 0 aromatic heterocycles. The van der Waals surface area contributed by atoms with E-state index in [0.29, 0.717) is 5.92 Å². The van der Waals surface area contributed by atoms with Crippen LogP contribution in [-0.4, -0.2) is 11.2 Å². The van der Waals surface area contributed by atoms with Crippen molar-refractivity contribution >= 4 is 0 Å². The summed E-state index contributed by atoms with van der Waals surface area (Å²) in [5, 5.41) is 10.5. The fourth-order valence-electron chi connectivity index (χ4n) is 3.18. The van der Waals surface area contributed by atoms with E-state index in [9.17, 15) is 5.11 Å². The minimum atomic E-state index is -0.115. The maximum Gasteiger partial charge on any atom is 0.0614 e. The number of hydrogen-bond donors (Lipinski definition) is 1. The van der Waals surface area contributed by atoms with E-state index in [4.69, 9.17) is 0 Å². The van der Waals surface area contributed by atoms with Crippen LogP contribution in [0.3, 0.4) is 0 Å². The van der Waals surface area contributed by atoms with E-state index in [1.807, 2.05) is 0 Å². The second-order valence-corrected chi connectivity index (χ2v) is 5.95. The van der Waals surface area contributed by atoms with Crippen LogP contribution < -0.4 is 0 Å². The van der Waals surface area contributed by atoms with Crippen molar-refractivity contribution in [2.24, 2.45) is 17.8 Å². The predicted octanol–water partition coefficient (Wildman–Crippen LogP) is 3.33. The molecule has 2 saturated carbocycles. The molecule has 0 radical (unpaired) electrons. The van der Waals surface area contributed by atoms with Gasteiger partial charge in [-0.2, -0.15) is 0 Å². The summed E-state index contributed by atoms with van der Waals surface area (Å²) >= 11 is 0. The molecule has 1 N–H and O–H groups in total. The summed E-state index contributed by atoms with van der Waals surface area (Å²) in [6.45, 7) is 2.14. The van der Waals surface area contributed by atoms with E-state index >= 15 is 0 Å². The van der Waals surface area contributed by atoms with Crippen LogP contribution in [0.25, 0.3) is 0 Å². The summed E-state index contributed by atoms with van der Waals surface area (Å²) in [6, 6.07) is 8.46. The number of rotatable bonds is 5. The lowest BCUT2D eigenvalue weighted by molar-refractivity contribution is 0.0824. The van der Waals surface area contributed by atoms with Gasteiger partial charge in [0.05, 0.1) is 6.10 Å². The molecule has 2 aliphatic carbocycles. The number of hydrogen-bond acceptors (Lipinski definition) is 1. The Morgan fingerprint density at radius 1 is 1.12 bits per heavy atom. The maximum atomic E-state index is 10.5. The highest BCUT2D eigenvalue weighted by molar-refractivity contribution is 5.26. The second-order valence-electron chi connectivity index (χ2n) is 5.95. The standard InChI is InChI=1S/C16H22O/c1-11-4-2-3-5-14(11)10-15(17)16(12-6-7-12)13-8-9-13/h2-5,12-13,15-17H,6-10H2,1H3. The van der Waals surface area contributed by atoms with Crippen molar-refractivity contribution in [1.82, 2.24) is 0 Å². The van der Waals surface area contributed by atoms with Crippen LogP contribution in [0.2, 0.25) is 0 Å². The van der Waals surface area contributed by atoms with Crippen molar-refractivity contribution in [3.8, 4) is 0 Å². The molecule has 1 unspecified atom stereocenters. The molecule has 2 aliphatic rings. The fraction of sp³-hybridized carbons (Fsp3) is 0.625. The van der Waals surface area contributed by atoms with Gasteiger partial charge in [-0.1, -0.05) is 24.3 Å². The Morgan fingerprint density at radius 3 is 2.24 bits per heavy atom. The lowest BCUT2D eigenvalue weighted by Crippen LogP contribution is -2.26. The number of aliphatic hydroxyl groups is 1. The summed E-state index contributed by atoms with van der Waals surface area (Å²) in [4.78, 5) is 0. The molecule has 92 valence electrons. The summed E-state index contributed by atoms with van der Waals surface area (Å²) in [5.41, 5.74) is 2.64. The highest BCUT2D eigenvalue weighted by Crippen LogP contribution is 2.51. The van der Waals surface area contributed by atoms with E-state index in [0.717, 1.165) is 18.3 Å². The highest BCUT2D eigenvalue weighted by Gasteiger charge is 2.44. The first-order chi connectivity index (χ1) is 8.25. The molecule has 1 aromatic rings. The topological polar surface area (TPSA) is 20.2 Å². The monoisotopic (exact) mass is 230 g/mol. The summed E-state index contributed by atoms with van der Waals surface area (Å²) in [6.07, 6.45) is 6.15. The third-order valence-electron chi connectivity index (χ3n) is 4.47. The molecule has 1 heteroatoms. The third-order valence-corrected chi connectivity index (χ3v) is 4.47. The number of benzene rings is 1. The normalized spacial score (nSPS) is 21.8. The minimum absolute atomic E-state index is 0.115. The van der Waals surface area contributed by atoms with Gasteiger partial charge < -0.3 is 5.11 Å². The quantitative estimate of drug-likeness (QED) is 0.822. The third kappa shape index (κ3) is 2.55. The van der Waals surface area contributed by atoms with Crippen molar-refractivity contribution in [2.45, 2.75) is 45.1 Å². The lowest BCUT2D eigenvalue weighted by atomic mass is 9.87. The van der Waals surface area contributed by atoms with Crippen LogP contribution in [0.4, 0.5) is 0 Å². The molecule has 1 nitrogen and oxygen atoms in total. The second kappa shape index (κ2) is 4.45. The molecule has 2 fully saturated rings. The van der Waals surface area contributed by atoms with Gasteiger partial charge in [0.1, 0.15) is 0 Å². The molecule has 0 amide bonds. The first-order valence-electron chi connectivity index (χ1n) is 6.98. The molecule has 0 bridgehead atoms. The molecule has 17 heavy (non-hydrogen) atoms. The molecule has 0 heterocycles. The summed E-state index contributed by atoms with van der Waals surface area (Å²) in [5.74, 6) is 2.26. The van der Waals surface area contributed by atoms with Crippen LogP contribution in [0, 0.1) is 24.7 Å². The molecular weight excluding hydrogens is 208 g/mol. The maximum absolute atomic E-state index is 10.5. The van der Waals surface area contributed by atoms with E-state index < -0.39 is 0 Å². The van der Waals surface area contributed by atoms with Gasteiger partial charge in [0.25, 0.3) is 0 Å². The Balaban J connectivity index is 1.69. The average Bonchev–Trinajstić information content (AvgIpc) is 3.14. The molecule has 1 atom stereocenters. The Hall–Kier alpha value is -0.820. The largest absolute Gasteiger partial charge is 0.392 e. The zero-order chi connectivity index (χ0) is 11.8. The van der Waals surface area contributed by atoms with Crippen LogP contribution in [0.5, 0.6) is 0 Å². The SMILES string of the molecule is Cc1ccccc1CC(O)C(C1CC1)C1CC1. The van der Waals surface area contributed by atoms with Gasteiger partial charge >= 0.3 is 0 Å². The summed E-state index contributed by atoms with van der Waals surface area (Å²) in [7, 11) is 0. The van der Waals surface area contributed by atoms with Gasteiger partial charge in [-0.05, 0) is 67.9 Å². The van der Waals surface area contributed by atoms with Gasteiger partial charge in [-0.15, -0.1) is 0 Å². The van der Waals surface area contributed by atoms with Gasteiger partial charge in [0, 0.05) is 0 Å². The Morgan fingerprint density at radius 2 is 1.71 bits per heavy atom. The van der Waals surface area contributed by atoms with Crippen molar-refractivity contribution in [1.29, 1.82) is 0 Å². The van der Waals surface area contributed by atoms with Crippen molar-refractivity contribution in [3.05, 3.63) is 35.4 Å². The first-order valence-corrected chi connectivity index (χ1v) is 6.98. The van der Waals surface area contributed by atoms with Crippen molar-refractivity contribution in [3.63, 3.8) is 0 Å². The molecule has 0 saturated heterocycles. The van der Waals surface area contributed by atoms with E-state index in [1.165, 1.54) is 36.8 Å². The highest BCUT2D eigenvalue weighted by atomic mass is 16.3. The first kappa shape index (κ1) is 11.3. The van der Waals surface area contributed by atoms with Gasteiger partial charge in [0.15, 0.2) is 0 Å². The molecule has 1 aromatic carbocycles. The predicted molar refractivity (Wildman–Crippen MR) is 69.8 cm³/mol. The Kier molecular flexibility index (Phi) is 2.96. The van der Waals surface area contributed by atoms with Gasteiger partial charge in [-0.25, -0.2) is 0 Å². The van der Waals surface area contributed by atoms with Crippen molar-refractivity contribution in [2.75, 3.05) is 0 Å². The number of aliphatic hydroxyl groups excluding tert-OH is 1. The summed E-state index contributed by atoms with van der Waals surface area (Å²) < 4.78 is 0. The number of aryl methyl sites for hydroxylation is 1. The Labute approximate surface area is 104 Å². The van der Waals surface area contributed by atoms with Gasteiger partial charge in [-0.3, -0.25) is 0 Å². The average molecular weight is 230 g/mol. The molecule has 0 spiro atoms. The van der Waals surface area contributed by atoms with Crippen LogP contribution >= 0.6 is 0 Å². The van der Waals surface area contributed by atoms with E-state index in [-0.39, 0.29) is 6.10 Å². The van der Waals surface area contributed by atoms with E-state index in [1.54, 1.807) is 0 Å².